The zero-order chi connectivity index (χ0) is 22.5. The van der Waals surface area contributed by atoms with E-state index in [1.54, 1.807) is 7.11 Å². The Morgan fingerprint density at radius 2 is 1.48 bits per heavy atom. The van der Waals surface area contributed by atoms with E-state index in [1.807, 2.05) is 35.0 Å². The van der Waals surface area contributed by atoms with Gasteiger partial charge in [0.2, 0.25) is 0 Å². The SMILES string of the molecule is COc1ccc(N2CCN([C@H](c3ccccc3)c3nnnn3Cc3ccccc3)CC2)cc1. The number of anilines is 1. The molecule has 4 aromatic rings. The third-order valence-corrected chi connectivity index (χ3v) is 6.21. The molecule has 0 amide bonds. The van der Waals surface area contributed by atoms with Crippen LogP contribution in [-0.4, -0.2) is 58.4 Å². The summed E-state index contributed by atoms with van der Waals surface area (Å²) >= 11 is 0. The van der Waals surface area contributed by atoms with E-state index in [-0.39, 0.29) is 6.04 Å². The van der Waals surface area contributed by atoms with Crippen molar-refractivity contribution < 1.29 is 4.74 Å². The molecule has 1 aliphatic heterocycles. The van der Waals surface area contributed by atoms with Gasteiger partial charge in [-0.25, -0.2) is 4.68 Å². The predicted octanol–water partition coefficient (Wildman–Crippen LogP) is 3.64. The van der Waals surface area contributed by atoms with Crippen molar-refractivity contribution in [3.8, 4) is 5.75 Å². The van der Waals surface area contributed by atoms with Gasteiger partial charge < -0.3 is 9.64 Å². The van der Waals surface area contributed by atoms with E-state index in [0.717, 1.165) is 37.8 Å². The number of ether oxygens (including phenoxy) is 1. The highest BCUT2D eigenvalue weighted by Gasteiger charge is 2.30. The molecule has 2 heterocycles. The van der Waals surface area contributed by atoms with Crippen LogP contribution in [-0.2, 0) is 6.54 Å². The van der Waals surface area contributed by atoms with E-state index in [0.29, 0.717) is 6.54 Å². The number of hydrogen-bond acceptors (Lipinski definition) is 6. The highest BCUT2D eigenvalue weighted by atomic mass is 16.5. The van der Waals surface area contributed by atoms with Crippen LogP contribution in [0.2, 0.25) is 0 Å². The smallest absolute Gasteiger partial charge is 0.173 e. The van der Waals surface area contributed by atoms with Crippen LogP contribution < -0.4 is 9.64 Å². The quantitative estimate of drug-likeness (QED) is 0.437. The minimum atomic E-state index is 0.00271. The highest BCUT2D eigenvalue weighted by Crippen LogP contribution is 2.29. The molecule has 5 rings (SSSR count). The molecule has 1 aliphatic rings. The van der Waals surface area contributed by atoms with Gasteiger partial charge in [-0.05, 0) is 45.8 Å². The van der Waals surface area contributed by atoms with Crippen molar-refractivity contribution in [3.63, 3.8) is 0 Å². The fourth-order valence-electron chi connectivity index (χ4n) is 4.47. The van der Waals surface area contributed by atoms with Gasteiger partial charge in [0.05, 0.1) is 19.7 Å². The topological polar surface area (TPSA) is 59.3 Å². The summed E-state index contributed by atoms with van der Waals surface area (Å²) in [7, 11) is 1.70. The summed E-state index contributed by atoms with van der Waals surface area (Å²) in [6, 6.07) is 29.2. The monoisotopic (exact) mass is 440 g/mol. The van der Waals surface area contributed by atoms with Gasteiger partial charge in [-0.3, -0.25) is 4.90 Å². The molecular formula is C26H28N6O. The molecule has 3 aromatic carbocycles. The van der Waals surface area contributed by atoms with Crippen LogP contribution in [0.15, 0.2) is 84.9 Å². The Bertz CT molecular complexity index is 1140. The lowest BCUT2D eigenvalue weighted by Gasteiger charge is -2.40. The van der Waals surface area contributed by atoms with Crippen molar-refractivity contribution >= 4 is 5.69 Å². The highest BCUT2D eigenvalue weighted by molar-refractivity contribution is 5.49. The number of aromatic nitrogens is 4. The van der Waals surface area contributed by atoms with E-state index in [1.165, 1.54) is 16.8 Å². The Hall–Kier alpha value is -3.71. The molecule has 33 heavy (non-hydrogen) atoms. The number of piperazine rings is 1. The molecule has 0 bridgehead atoms. The second kappa shape index (κ2) is 9.83. The van der Waals surface area contributed by atoms with E-state index in [2.05, 4.69) is 79.9 Å². The van der Waals surface area contributed by atoms with Crippen LogP contribution in [0.5, 0.6) is 5.75 Å². The zero-order valence-electron chi connectivity index (χ0n) is 18.8. The summed E-state index contributed by atoms with van der Waals surface area (Å²) in [6.07, 6.45) is 0. The van der Waals surface area contributed by atoms with Crippen molar-refractivity contribution in [2.24, 2.45) is 0 Å². The Morgan fingerprint density at radius 3 is 2.15 bits per heavy atom. The van der Waals surface area contributed by atoms with Gasteiger partial charge >= 0.3 is 0 Å². The first-order valence-electron chi connectivity index (χ1n) is 11.3. The third kappa shape index (κ3) is 4.73. The van der Waals surface area contributed by atoms with Crippen molar-refractivity contribution in [1.29, 1.82) is 0 Å². The molecule has 0 radical (unpaired) electrons. The lowest BCUT2D eigenvalue weighted by atomic mass is 10.0. The molecular weight excluding hydrogens is 412 g/mol. The largest absolute Gasteiger partial charge is 0.497 e. The lowest BCUT2D eigenvalue weighted by Crippen LogP contribution is -2.48. The normalized spacial score (nSPS) is 15.4. The van der Waals surface area contributed by atoms with Crippen molar-refractivity contribution in [2.45, 2.75) is 12.6 Å². The summed E-state index contributed by atoms with van der Waals surface area (Å²) in [5, 5.41) is 12.9. The summed E-state index contributed by atoms with van der Waals surface area (Å²) in [4.78, 5) is 4.91. The van der Waals surface area contributed by atoms with Gasteiger partial charge in [-0.1, -0.05) is 60.7 Å². The van der Waals surface area contributed by atoms with Crippen molar-refractivity contribution in [2.75, 3.05) is 38.2 Å². The number of tetrazole rings is 1. The van der Waals surface area contributed by atoms with Crippen LogP contribution >= 0.6 is 0 Å². The third-order valence-electron chi connectivity index (χ3n) is 6.21. The van der Waals surface area contributed by atoms with Crippen LogP contribution in [0.25, 0.3) is 0 Å². The second-order valence-corrected chi connectivity index (χ2v) is 8.21. The predicted molar refractivity (Wildman–Crippen MR) is 128 cm³/mol. The first-order valence-corrected chi connectivity index (χ1v) is 11.3. The molecule has 1 atom stereocenters. The van der Waals surface area contributed by atoms with Crippen LogP contribution in [0.1, 0.15) is 23.0 Å². The van der Waals surface area contributed by atoms with Crippen molar-refractivity contribution in [3.05, 3.63) is 102 Å². The average molecular weight is 441 g/mol. The minimum Gasteiger partial charge on any atom is -0.497 e. The molecule has 1 aromatic heterocycles. The minimum absolute atomic E-state index is 0.00271. The summed E-state index contributed by atoms with van der Waals surface area (Å²) in [6.45, 7) is 4.37. The van der Waals surface area contributed by atoms with Crippen LogP contribution in [0.4, 0.5) is 5.69 Å². The Morgan fingerprint density at radius 1 is 0.818 bits per heavy atom. The van der Waals surface area contributed by atoms with Gasteiger partial charge in [0.1, 0.15) is 5.75 Å². The second-order valence-electron chi connectivity index (χ2n) is 8.21. The number of hydrogen-bond donors (Lipinski definition) is 0. The molecule has 0 N–H and O–H groups in total. The van der Waals surface area contributed by atoms with Gasteiger partial charge in [-0.15, -0.1) is 5.10 Å². The van der Waals surface area contributed by atoms with Crippen molar-refractivity contribution in [1.82, 2.24) is 25.1 Å². The first kappa shape index (κ1) is 21.2. The van der Waals surface area contributed by atoms with Gasteiger partial charge in [0, 0.05) is 31.9 Å². The number of methoxy groups -OCH3 is 1. The summed E-state index contributed by atoms with van der Waals surface area (Å²) in [5.41, 5.74) is 3.61. The zero-order valence-corrected chi connectivity index (χ0v) is 18.8. The van der Waals surface area contributed by atoms with E-state index >= 15 is 0 Å². The maximum Gasteiger partial charge on any atom is 0.173 e. The number of rotatable bonds is 7. The molecule has 1 fully saturated rings. The van der Waals surface area contributed by atoms with Gasteiger partial charge in [-0.2, -0.15) is 0 Å². The maximum absolute atomic E-state index is 5.30. The van der Waals surface area contributed by atoms with Gasteiger partial charge in [0.15, 0.2) is 5.82 Å². The molecule has 7 nitrogen and oxygen atoms in total. The average Bonchev–Trinajstić information content (AvgIpc) is 3.33. The molecule has 0 unspecified atom stereocenters. The maximum atomic E-state index is 5.30. The first-order chi connectivity index (χ1) is 16.3. The summed E-state index contributed by atoms with van der Waals surface area (Å²) in [5.74, 6) is 1.76. The molecule has 0 aliphatic carbocycles. The lowest BCUT2D eigenvalue weighted by molar-refractivity contribution is 0.201. The molecule has 168 valence electrons. The fraction of sp³-hybridized carbons (Fsp3) is 0.269. The van der Waals surface area contributed by atoms with Crippen LogP contribution in [0.3, 0.4) is 0 Å². The van der Waals surface area contributed by atoms with E-state index < -0.39 is 0 Å². The molecule has 0 spiro atoms. The number of benzene rings is 3. The van der Waals surface area contributed by atoms with Crippen LogP contribution in [0, 0.1) is 0 Å². The van der Waals surface area contributed by atoms with E-state index in [4.69, 9.17) is 4.74 Å². The van der Waals surface area contributed by atoms with Gasteiger partial charge in [0.25, 0.3) is 0 Å². The molecule has 7 heteroatoms. The Kier molecular flexibility index (Phi) is 6.30. The Balaban J connectivity index is 1.38. The Labute approximate surface area is 194 Å². The standard InChI is InChI=1S/C26H28N6O/c1-33-24-14-12-23(13-15-24)30-16-18-31(19-17-30)25(22-10-6-3-7-11-22)26-27-28-29-32(26)20-21-8-4-2-5-9-21/h2-15,25H,16-20H2,1H3/t25-/m1/s1. The summed E-state index contributed by atoms with van der Waals surface area (Å²) < 4.78 is 7.23. The number of nitrogens with zero attached hydrogens (tertiary/aromatic N) is 6. The van der Waals surface area contributed by atoms with E-state index in [9.17, 15) is 0 Å². The molecule has 1 saturated heterocycles. The fourth-order valence-corrected chi connectivity index (χ4v) is 4.47. The molecule has 0 saturated carbocycles.